The van der Waals surface area contributed by atoms with Gasteiger partial charge in [-0.3, -0.25) is 4.79 Å². The largest absolute Gasteiger partial charge is 0.478 e. The molecule has 128 valence electrons. The summed E-state index contributed by atoms with van der Waals surface area (Å²) in [7, 11) is 0. The molecule has 0 radical (unpaired) electrons. The summed E-state index contributed by atoms with van der Waals surface area (Å²) in [4.78, 5) is 29.3. The van der Waals surface area contributed by atoms with E-state index in [-0.39, 0.29) is 11.3 Å². The van der Waals surface area contributed by atoms with Crippen LogP contribution in [0.25, 0.3) is 0 Å². The van der Waals surface area contributed by atoms with Crippen molar-refractivity contribution in [2.75, 3.05) is 0 Å². The Labute approximate surface area is 147 Å². The van der Waals surface area contributed by atoms with Crippen molar-refractivity contribution in [3.63, 3.8) is 0 Å². The number of hydrogen-bond donors (Lipinski definition) is 1. The zero-order chi connectivity index (χ0) is 18.0. The van der Waals surface area contributed by atoms with Gasteiger partial charge in [0.2, 0.25) is 0 Å². The number of amides is 1. The molecule has 0 aliphatic carbocycles. The Morgan fingerprint density at radius 1 is 1.20 bits per heavy atom. The highest BCUT2D eigenvalue weighted by atomic mass is 32.1. The number of carbonyl (C=O) groups excluding carboxylic acids is 1. The Bertz CT molecular complexity index is 997. The summed E-state index contributed by atoms with van der Waals surface area (Å²) >= 11 is 1.39. The first kappa shape index (κ1) is 16.9. The van der Waals surface area contributed by atoms with E-state index in [1.807, 2.05) is 18.4 Å². The van der Waals surface area contributed by atoms with Crippen LogP contribution in [0.1, 0.15) is 37.0 Å². The predicted octanol–water partition coefficient (Wildman–Crippen LogP) is 3.25. The summed E-state index contributed by atoms with van der Waals surface area (Å²) in [6.45, 7) is 4.19. The van der Waals surface area contributed by atoms with Crippen molar-refractivity contribution in [2.45, 2.75) is 20.4 Å². The van der Waals surface area contributed by atoms with Crippen LogP contribution in [0, 0.1) is 13.8 Å². The van der Waals surface area contributed by atoms with Crippen LogP contribution in [0.2, 0.25) is 0 Å². The molecule has 0 saturated heterocycles. The summed E-state index contributed by atoms with van der Waals surface area (Å²) in [5.41, 5.74) is 1.83. The second kappa shape index (κ2) is 6.90. The number of benzene rings is 1. The van der Waals surface area contributed by atoms with Crippen LogP contribution in [0.3, 0.4) is 0 Å². The van der Waals surface area contributed by atoms with Gasteiger partial charge in [-0.2, -0.15) is 4.99 Å². The number of aromatic carboxylic acids is 1. The maximum Gasteiger partial charge on any atom is 0.336 e. The number of nitrogens with zero attached hydrogens (tertiary/aromatic N) is 2. The van der Waals surface area contributed by atoms with Crippen LogP contribution < -0.4 is 4.80 Å². The first-order valence-electron chi connectivity index (χ1n) is 7.58. The van der Waals surface area contributed by atoms with Gasteiger partial charge in [0.05, 0.1) is 18.4 Å². The quantitative estimate of drug-likeness (QED) is 0.778. The van der Waals surface area contributed by atoms with E-state index < -0.39 is 11.9 Å². The van der Waals surface area contributed by atoms with Crippen molar-refractivity contribution in [1.29, 1.82) is 0 Å². The van der Waals surface area contributed by atoms with Crippen LogP contribution in [0.15, 0.2) is 52.1 Å². The van der Waals surface area contributed by atoms with Crippen LogP contribution >= 0.6 is 11.3 Å². The summed E-state index contributed by atoms with van der Waals surface area (Å²) in [6.07, 6.45) is 1.42. The normalized spacial score (nSPS) is 11.7. The Kier molecular flexibility index (Phi) is 4.67. The molecule has 0 aliphatic heterocycles. The van der Waals surface area contributed by atoms with Crippen molar-refractivity contribution >= 4 is 23.2 Å². The van der Waals surface area contributed by atoms with Crippen LogP contribution in [0.4, 0.5) is 0 Å². The van der Waals surface area contributed by atoms with Crippen molar-refractivity contribution in [3.05, 3.63) is 74.9 Å². The molecule has 0 unspecified atom stereocenters. The van der Waals surface area contributed by atoms with Crippen molar-refractivity contribution in [3.8, 4) is 0 Å². The maximum atomic E-state index is 12.2. The third-order valence-electron chi connectivity index (χ3n) is 3.90. The molecule has 0 fully saturated rings. The second-order valence-electron chi connectivity index (χ2n) is 5.47. The molecule has 0 aliphatic rings. The molecule has 3 rings (SSSR count). The average Bonchev–Trinajstić information content (AvgIpc) is 3.20. The molecule has 0 spiro atoms. The Hall–Kier alpha value is -2.93. The minimum absolute atomic E-state index is 0.168. The van der Waals surface area contributed by atoms with E-state index in [2.05, 4.69) is 4.99 Å². The van der Waals surface area contributed by atoms with Gasteiger partial charge in [-0.25, -0.2) is 4.79 Å². The molecule has 0 atom stereocenters. The number of thiazole rings is 1. The maximum absolute atomic E-state index is 12.2. The van der Waals surface area contributed by atoms with E-state index >= 15 is 0 Å². The lowest BCUT2D eigenvalue weighted by atomic mass is 10.1. The number of carbonyl (C=O) groups is 2. The Morgan fingerprint density at radius 2 is 1.96 bits per heavy atom. The lowest BCUT2D eigenvalue weighted by Gasteiger charge is -2.09. The molecule has 2 aromatic heterocycles. The van der Waals surface area contributed by atoms with E-state index in [9.17, 15) is 14.7 Å². The minimum atomic E-state index is -0.981. The summed E-state index contributed by atoms with van der Waals surface area (Å²) < 4.78 is 6.94. The zero-order valence-electron chi connectivity index (χ0n) is 13.7. The molecular formula is C18H16N2O4S. The fraction of sp³-hybridized carbons (Fsp3) is 0.167. The van der Waals surface area contributed by atoms with E-state index in [0.717, 1.165) is 10.6 Å². The first-order valence-corrected chi connectivity index (χ1v) is 8.39. The van der Waals surface area contributed by atoms with Crippen molar-refractivity contribution in [2.24, 2.45) is 4.99 Å². The topological polar surface area (TPSA) is 84.8 Å². The molecule has 1 amide bonds. The molecule has 0 bridgehead atoms. The number of aromatic nitrogens is 1. The third kappa shape index (κ3) is 3.46. The van der Waals surface area contributed by atoms with Crippen LogP contribution in [0.5, 0.6) is 0 Å². The molecule has 6 nitrogen and oxygen atoms in total. The number of aryl methyl sites for hydroxylation is 1. The van der Waals surface area contributed by atoms with Gasteiger partial charge in [-0.05, 0) is 37.6 Å². The van der Waals surface area contributed by atoms with E-state index in [1.54, 1.807) is 36.4 Å². The molecule has 7 heteroatoms. The second-order valence-corrected chi connectivity index (χ2v) is 6.65. The monoisotopic (exact) mass is 356 g/mol. The van der Waals surface area contributed by atoms with Gasteiger partial charge < -0.3 is 14.1 Å². The van der Waals surface area contributed by atoms with E-state index in [1.165, 1.54) is 17.6 Å². The van der Waals surface area contributed by atoms with Crippen LogP contribution in [-0.2, 0) is 6.54 Å². The van der Waals surface area contributed by atoms with E-state index in [4.69, 9.17) is 4.42 Å². The molecule has 2 heterocycles. The van der Waals surface area contributed by atoms with Gasteiger partial charge in [-0.15, -0.1) is 11.3 Å². The molecule has 3 aromatic rings. The molecular weight excluding hydrogens is 340 g/mol. The Morgan fingerprint density at radius 3 is 2.64 bits per heavy atom. The average molecular weight is 356 g/mol. The summed E-state index contributed by atoms with van der Waals surface area (Å²) in [5, 5.41) is 9.36. The number of carboxylic acids is 1. The van der Waals surface area contributed by atoms with Gasteiger partial charge in [0.25, 0.3) is 0 Å². The smallest absolute Gasteiger partial charge is 0.336 e. The number of hydrogen-bond acceptors (Lipinski definition) is 4. The number of carboxylic acid groups (broad SMARTS) is 1. The third-order valence-corrected chi connectivity index (χ3v) is 4.99. The first-order chi connectivity index (χ1) is 12.0. The lowest BCUT2D eigenvalue weighted by molar-refractivity contribution is 0.0695. The highest BCUT2D eigenvalue weighted by Crippen LogP contribution is 2.15. The highest BCUT2D eigenvalue weighted by molar-refractivity contribution is 7.09. The van der Waals surface area contributed by atoms with Crippen molar-refractivity contribution < 1.29 is 19.1 Å². The van der Waals surface area contributed by atoms with Gasteiger partial charge in [-0.1, -0.05) is 18.2 Å². The molecule has 1 N–H and O–H groups in total. The zero-order valence-corrected chi connectivity index (χ0v) is 14.5. The van der Waals surface area contributed by atoms with Gasteiger partial charge in [0.15, 0.2) is 10.6 Å². The number of rotatable bonds is 4. The molecule has 25 heavy (non-hydrogen) atoms. The Balaban J connectivity index is 2.06. The van der Waals surface area contributed by atoms with Crippen LogP contribution in [-0.4, -0.2) is 21.6 Å². The van der Waals surface area contributed by atoms with Gasteiger partial charge >= 0.3 is 11.9 Å². The molecule has 0 saturated carbocycles. The fourth-order valence-corrected chi connectivity index (χ4v) is 3.42. The summed E-state index contributed by atoms with van der Waals surface area (Å²) in [5.74, 6) is -1.28. The SMILES string of the molecule is Cc1sc(=NC(=O)c2ccco2)n(Cc2ccccc2C(=O)O)c1C. The predicted molar refractivity (Wildman–Crippen MR) is 92.9 cm³/mol. The van der Waals surface area contributed by atoms with Crippen molar-refractivity contribution in [1.82, 2.24) is 4.57 Å². The minimum Gasteiger partial charge on any atom is -0.478 e. The van der Waals surface area contributed by atoms with Gasteiger partial charge in [0, 0.05) is 10.6 Å². The number of furan rings is 1. The lowest BCUT2D eigenvalue weighted by Crippen LogP contribution is -2.20. The van der Waals surface area contributed by atoms with Gasteiger partial charge in [0.1, 0.15) is 0 Å². The molecule has 1 aromatic carbocycles. The summed E-state index contributed by atoms with van der Waals surface area (Å²) in [6, 6.07) is 10.0. The van der Waals surface area contributed by atoms with E-state index in [0.29, 0.717) is 16.9 Å². The highest BCUT2D eigenvalue weighted by Gasteiger charge is 2.14. The standard InChI is InChI=1S/C18H16N2O4S/c1-11-12(2)25-18(19-16(21)15-8-5-9-24-15)20(11)10-13-6-3-4-7-14(13)17(22)23/h3-9H,10H2,1-2H3,(H,22,23). The fourth-order valence-electron chi connectivity index (χ4n) is 2.45.